The van der Waals surface area contributed by atoms with Crippen molar-refractivity contribution in [2.45, 2.75) is 64.7 Å². The number of H-pyrrole nitrogens is 1. The molecule has 1 heterocycles. The molecule has 0 aromatic carbocycles. The van der Waals surface area contributed by atoms with Crippen molar-refractivity contribution in [1.82, 2.24) is 15.3 Å². The molecular weight excluding hydrogens is 290 g/mol. The van der Waals surface area contributed by atoms with Crippen molar-refractivity contribution in [3.8, 4) is 0 Å². The van der Waals surface area contributed by atoms with Crippen LogP contribution in [0, 0.1) is 18.3 Å². The summed E-state index contributed by atoms with van der Waals surface area (Å²) >= 11 is 0. The quantitative estimate of drug-likeness (QED) is 0.779. The van der Waals surface area contributed by atoms with Gasteiger partial charge in [-0.1, -0.05) is 19.3 Å². The molecule has 2 aliphatic rings. The molecule has 0 aliphatic heterocycles. The van der Waals surface area contributed by atoms with Gasteiger partial charge in [0.1, 0.15) is 5.82 Å². The number of hydrogen-bond donors (Lipinski definition) is 3. The van der Waals surface area contributed by atoms with E-state index in [9.17, 15) is 9.90 Å². The zero-order valence-corrected chi connectivity index (χ0v) is 14.2. The van der Waals surface area contributed by atoms with Gasteiger partial charge in [0.25, 0.3) is 0 Å². The first-order chi connectivity index (χ1) is 11.1. The molecule has 1 unspecified atom stereocenters. The summed E-state index contributed by atoms with van der Waals surface area (Å²) in [5, 5.41) is 12.6. The molecule has 1 fully saturated rings. The molecule has 0 spiro atoms. The lowest BCUT2D eigenvalue weighted by atomic mass is 9.72. The summed E-state index contributed by atoms with van der Waals surface area (Å²) in [7, 11) is 0. The van der Waals surface area contributed by atoms with E-state index in [1.54, 1.807) is 0 Å². The van der Waals surface area contributed by atoms with Gasteiger partial charge in [0, 0.05) is 31.2 Å². The molecular formula is C18H29N3O2. The van der Waals surface area contributed by atoms with Crippen LogP contribution in [0.3, 0.4) is 0 Å². The number of amides is 1. The predicted octanol–water partition coefficient (Wildman–Crippen LogP) is 2.27. The Morgan fingerprint density at radius 3 is 2.91 bits per heavy atom. The number of carbonyl (C=O) groups excluding carboxylic acids is 1. The predicted molar refractivity (Wildman–Crippen MR) is 89.1 cm³/mol. The molecule has 5 nitrogen and oxygen atoms in total. The van der Waals surface area contributed by atoms with Crippen LogP contribution in [0.5, 0.6) is 0 Å². The fraction of sp³-hybridized carbons (Fsp3) is 0.778. The van der Waals surface area contributed by atoms with E-state index in [0.717, 1.165) is 62.3 Å². The van der Waals surface area contributed by atoms with Crippen molar-refractivity contribution in [3.63, 3.8) is 0 Å². The number of aryl methyl sites for hydroxylation is 2. The Morgan fingerprint density at radius 2 is 2.17 bits per heavy atom. The molecule has 2 aliphatic carbocycles. The van der Waals surface area contributed by atoms with Gasteiger partial charge >= 0.3 is 0 Å². The monoisotopic (exact) mass is 319 g/mol. The number of nitrogens with zero attached hydrogens (tertiary/aromatic N) is 1. The van der Waals surface area contributed by atoms with Gasteiger partial charge < -0.3 is 15.4 Å². The van der Waals surface area contributed by atoms with E-state index in [4.69, 9.17) is 0 Å². The first-order valence-corrected chi connectivity index (χ1v) is 9.05. The number of carbonyl (C=O) groups is 1. The van der Waals surface area contributed by atoms with Crippen LogP contribution in [0.4, 0.5) is 0 Å². The Balaban J connectivity index is 1.56. The highest BCUT2D eigenvalue weighted by molar-refractivity contribution is 5.79. The molecule has 1 aromatic heterocycles. The summed E-state index contributed by atoms with van der Waals surface area (Å²) in [5.74, 6) is 1.17. The summed E-state index contributed by atoms with van der Waals surface area (Å²) in [6.45, 7) is 2.91. The molecule has 3 N–H and O–H groups in total. The second-order valence-electron chi connectivity index (χ2n) is 7.44. The van der Waals surface area contributed by atoms with Crippen LogP contribution in [0.15, 0.2) is 0 Å². The number of aliphatic hydroxyl groups excluding tert-OH is 1. The molecule has 1 aromatic rings. The Labute approximate surface area is 138 Å². The standard InChI is InChI=1S/C18H29N3O2/c1-13-20-15-6-5-14(11-16(15)21-13)17(23)19-12-18(9-10-22)7-3-2-4-8-18/h14,22H,2-12H2,1H3,(H,19,23)(H,20,21). The van der Waals surface area contributed by atoms with Gasteiger partial charge in [-0.2, -0.15) is 0 Å². The van der Waals surface area contributed by atoms with Crippen LogP contribution >= 0.6 is 0 Å². The Hall–Kier alpha value is -1.36. The third-order valence-electron chi connectivity index (χ3n) is 5.73. The number of imidazole rings is 1. The fourth-order valence-corrected chi connectivity index (χ4v) is 4.32. The van der Waals surface area contributed by atoms with Gasteiger partial charge in [-0.05, 0) is 44.4 Å². The van der Waals surface area contributed by atoms with Gasteiger partial charge in [-0.15, -0.1) is 0 Å². The van der Waals surface area contributed by atoms with E-state index in [0.29, 0.717) is 0 Å². The SMILES string of the molecule is Cc1nc2c([nH]1)CC(C(=O)NCC1(CCO)CCCCC1)CC2. The van der Waals surface area contributed by atoms with Gasteiger partial charge in [0.15, 0.2) is 0 Å². The molecule has 1 amide bonds. The van der Waals surface area contributed by atoms with Crippen LogP contribution in [-0.4, -0.2) is 34.1 Å². The summed E-state index contributed by atoms with van der Waals surface area (Å²) in [6.07, 6.45) is 9.33. The van der Waals surface area contributed by atoms with Gasteiger partial charge in [0.05, 0.1) is 5.69 Å². The first kappa shape index (κ1) is 16.5. The molecule has 128 valence electrons. The molecule has 3 rings (SSSR count). The van der Waals surface area contributed by atoms with Crippen molar-refractivity contribution in [2.24, 2.45) is 11.3 Å². The zero-order chi connectivity index (χ0) is 16.3. The van der Waals surface area contributed by atoms with Crippen LogP contribution in [-0.2, 0) is 17.6 Å². The largest absolute Gasteiger partial charge is 0.396 e. The third-order valence-corrected chi connectivity index (χ3v) is 5.73. The zero-order valence-electron chi connectivity index (χ0n) is 14.2. The summed E-state index contributed by atoms with van der Waals surface area (Å²) in [4.78, 5) is 20.4. The van der Waals surface area contributed by atoms with E-state index < -0.39 is 0 Å². The first-order valence-electron chi connectivity index (χ1n) is 9.05. The number of fused-ring (bicyclic) bond motifs is 1. The lowest BCUT2D eigenvalue weighted by molar-refractivity contribution is -0.126. The Bertz CT molecular complexity index is 541. The summed E-state index contributed by atoms with van der Waals surface area (Å²) < 4.78 is 0. The van der Waals surface area contributed by atoms with Crippen LogP contribution in [0.1, 0.15) is 62.2 Å². The molecule has 0 radical (unpaired) electrons. The van der Waals surface area contributed by atoms with Crippen LogP contribution in [0.25, 0.3) is 0 Å². The number of aliphatic hydroxyl groups is 1. The van der Waals surface area contributed by atoms with Gasteiger partial charge in [0.2, 0.25) is 5.91 Å². The lowest BCUT2D eigenvalue weighted by Crippen LogP contribution is -2.43. The lowest BCUT2D eigenvalue weighted by Gasteiger charge is -2.37. The highest BCUT2D eigenvalue weighted by Gasteiger charge is 2.33. The van der Waals surface area contributed by atoms with E-state index in [1.807, 2.05) is 6.92 Å². The summed E-state index contributed by atoms with van der Waals surface area (Å²) in [5.41, 5.74) is 2.39. The number of aromatic amines is 1. The molecule has 0 saturated heterocycles. The minimum atomic E-state index is 0.0529. The van der Waals surface area contributed by atoms with Crippen LogP contribution < -0.4 is 5.32 Å². The van der Waals surface area contributed by atoms with Crippen molar-refractivity contribution in [1.29, 1.82) is 0 Å². The minimum Gasteiger partial charge on any atom is -0.396 e. The topological polar surface area (TPSA) is 78.0 Å². The average Bonchev–Trinajstić information content (AvgIpc) is 2.93. The maximum absolute atomic E-state index is 12.6. The highest BCUT2D eigenvalue weighted by Crippen LogP contribution is 2.38. The van der Waals surface area contributed by atoms with Crippen molar-refractivity contribution in [2.75, 3.05) is 13.2 Å². The van der Waals surface area contributed by atoms with E-state index in [2.05, 4.69) is 15.3 Å². The van der Waals surface area contributed by atoms with E-state index >= 15 is 0 Å². The maximum atomic E-state index is 12.6. The number of hydrogen-bond acceptors (Lipinski definition) is 3. The molecule has 23 heavy (non-hydrogen) atoms. The fourth-order valence-electron chi connectivity index (χ4n) is 4.32. The second kappa shape index (κ2) is 7.04. The molecule has 5 heteroatoms. The average molecular weight is 319 g/mol. The molecule has 1 saturated carbocycles. The molecule has 1 atom stereocenters. The summed E-state index contributed by atoms with van der Waals surface area (Å²) in [6, 6.07) is 0. The van der Waals surface area contributed by atoms with Crippen LogP contribution in [0.2, 0.25) is 0 Å². The minimum absolute atomic E-state index is 0.0529. The number of aromatic nitrogens is 2. The van der Waals surface area contributed by atoms with Crippen molar-refractivity contribution < 1.29 is 9.90 Å². The maximum Gasteiger partial charge on any atom is 0.223 e. The number of nitrogens with one attached hydrogen (secondary N) is 2. The Kier molecular flexibility index (Phi) is 5.05. The normalized spacial score (nSPS) is 23.3. The van der Waals surface area contributed by atoms with Crippen molar-refractivity contribution >= 4 is 5.91 Å². The van der Waals surface area contributed by atoms with Crippen molar-refractivity contribution in [3.05, 3.63) is 17.2 Å². The smallest absolute Gasteiger partial charge is 0.223 e. The van der Waals surface area contributed by atoms with E-state index in [-0.39, 0.29) is 23.8 Å². The van der Waals surface area contributed by atoms with Gasteiger partial charge in [-0.25, -0.2) is 4.98 Å². The number of rotatable bonds is 5. The third kappa shape index (κ3) is 3.77. The second-order valence-corrected chi connectivity index (χ2v) is 7.44. The van der Waals surface area contributed by atoms with E-state index in [1.165, 1.54) is 19.3 Å². The van der Waals surface area contributed by atoms with Gasteiger partial charge in [-0.3, -0.25) is 4.79 Å². The highest BCUT2D eigenvalue weighted by atomic mass is 16.3. The Morgan fingerprint density at radius 1 is 1.39 bits per heavy atom. The molecule has 0 bridgehead atoms.